The Morgan fingerprint density at radius 2 is 1.91 bits per heavy atom. The number of ether oxygens (including phenoxy) is 1. The van der Waals surface area contributed by atoms with Gasteiger partial charge in [0.1, 0.15) is 5.75 Å². The molecule has 5 heteroatoms. The molecule has 0 saturated heterocycles. The third-order valence-corrected chi connectivity index (χ3v) is 3.69. The lowest BCUT2D eigenvalue weighted by molar-refractivity contribution is -0.350. The van der Waals surface area contributed by atoms with Crippen molar-refractivity contribution in [2.75, 3.05) is 6.61 Å². The number of aliphatic hydroxyl groups excluding tert-OH is 2. The third-order valence-electron chi connectivity index (χ3n) is 3.69. The summed E-state index contributed by atoms with van der Waals surface area (Å²) in [6.07, 6.45) is 5.14. The summed E-state index contributed by atoms with van der Waals surface area (Å²) >= 11 is 0. The standard InChI is InChI=1S/C18H29NO4/c1-2-3-4-5-12-23-16-10-7-14(8-11-16)6-9-15(20)13-17(19)18(21)22/h7-8,10-11,15,20-22H,2-6,9,12-13,19H2,1H3/p-1. The van der Waals surface area contributed by atoms with Crippen LogP contribution in [0.3, 0.4) is 0 Å². The minimum absolute atomic E-state index is 0.00567. The van der Waals surface area contributed by atoms with Crippen molar-refractivity contribution in [1.29, 1.82) is 0 Å². The summed E-state index contributed by atoms with van der Waals surface area (Å²) in [6.45, 7) is 2.92. The number of rotatable bonds is 11. The van der Waals surface area contributed by atoms with Gasteiger partial charge in [-0.25, -0.2) is 0 Å². The molecule has 23 heavy (non-hydrogen) atoms. The molecular weight excluding hydrogens is 294 g/mol. The average Bonchev–Trinajstić information content (AvgIpc) is 2.53. The molecule has 0 saturated carbocycles. The summed E-state index contributed by atoms with van der Waals surface area (Å²) < 4.78 is 5.68. The zero-order chi connectivity index (χ0) is 17.1. The molecule has 0 aliphatic rings. The van der Waals surface area contributed by atoms with Crippen LogP contribution >= 0.6 is 0 Å². The minimum Gasteiger partial charge on any atom is -0.628 e. The van der Waals surface area contributed by atoms with Crippen LogP contribution in [0.1, 0.15) is 51.0 Å². The van der Waals surface area contributed by atoms with Crippen molar-refractivity contribution in [2.24, 2.45) is 5.73 Å². The molecule has 1 aromatic rings. The van der Waals surface area contributed by atoms with Gasteiger partial charge in [-0.05, 0) is 37.0 Å². The maximum absolute atomic E-state index is 10.6. The van der Waals surface area contributed by atoms with Crippen molar-refractivity contribution in [3.8, 4) is 5.75 Å². The van der Waals surface area contributed by atoms with Gasteiger partial charge in [0.25, 0.3) is 0 Å². The van der Waals surface area contributed by atoms with Crippen molar-refractivity contribution in [1.82, 2.24) is 0 Å². The Morgan fingerprint density at radius 1 is 1.22 bits per heavy atom. The van der Waals surface area contributed by atoms with E-state index in [9.17, 15) is 10.2 Å². The first-order valence-electron chi connectivity index (χ1n) is 8.27. The van der Waals surface area contributed by atoms with E-state index >= 15 is 0 Å². The Labute approximate surface area is 138 Å². The normalized spacial score (nSPS) is 13.5. The lowest BCUT2D eigenvalue weighted by Crippen LogP contribution is -2.18. The Balaban J connectivity index is 2.29. The molecule has 0 radical (unpaired) electrons. The summed E-state index contributed by atoms with van der Waals surface area (Å²) in [5, 5.41) is 29.1. The first-order valence-corrected chi connectivity index (χ1v) is 8.27. The van der Waals surface area contributed by atoms with Gasteiger partial charge < -0.3 is 25.8 Å². The molecular formula is C18H28NO4-. The van der Waals surface area contributed by atoms with Gasteiger partial charge in [-0.2, -0.15) is 0 Å². The van der Waals surface area contributed by atoms with Crippen molar-refractivity contribution >= 4 is 0 Å². The maximum Gasteiger partial charge on any atom is 0.119 e. The van der Waals surface area contributed by atoms with Gasteiger partial charge in [0.15, 0.2) is 0 Å². The lowest BCUT2D eigenvalue weighted by Gasteiger charge is -2.13. The van der Waals surface area contributed by atoms with Gasteiger partial charge in [0.05, 0.1) is 18.7 Å². The fourth-order valence-corrected chi connectivity index (χ4v) is 2.25. The van der Waals surface area contributed by atoms with Crippen LogP contribution in [0, 0.1) is 0 Å². The van der Waals surface area contributed by atoms with Crippen LogP contribution in [-0.4, -0.2) is 22.9 Å². The fraction of sp³-hybridized carbons (Fsp3) is 0.556. The van der Waals surface area contributed by atoms with E-state index in [-0.39, 0.29) is 12.1 Å². The van der Waals surface area contributed by atoms with Gasteiger partial charge in [-0.15, -0.1) is 0 Å². The number of hydrogen-bond acceptors (Lipinski definition) is 5. The predicted octanol–water partition coefficient (Wildman–Crippen LogP) is 2.38. The first kappa shape index (κ1) is 19.2. The summed E-state index contributed by atoms with van der Waals surface area (Å²) in [7, 11) is 0. The summed E-state index contributed by atoms with van der Waals surface area (Å²) in [4.78, 5) is 0. The average molecular weight is 322 g/mol. The minimum atomic E-state index is -1.16. The number of aryl methyl sites for hydroxylation is 1. The molecule has 130 valence electrons. The molecule has 4 N–H and O–H groups in total. The molecule has 0 aliphatic heterocycles. The van der Waals surface area contributed by atoms with E-state index in [1.807, 2.05) is 24.3 Å². The van der Waals surface area contributed by atoms with Gasteiger partial charge in [-0.1, -0.05) is 38.3 Å². The number of nitrogens with two attached hydrogens (primary N) is 1. The van der Waals surface area contributed by atoms with Crippen LogP contribution in [0.5, 0.6) is 5.75 Å². The monoisotopic (exact) mass is 322 g/mol. The number of aliphatic hydroxyl groups is 2. The molecule has 0 aliphatic carbocycles. The molecule has 1 unspecified atom stereocenters. The van der Waals surface area contributed by atoms with Gasteiger partial charge in [0.2, 0.25) is 0 Å². The van der Waals surface area contributed by atoms with E-state index in [1.165, 1.54) is 19.3 Å². The summed E-state index contributed by atoms with van der Waals surface area (Å²) in [6, 6.07) is 7.80. The quantitative estimate of drug-likeness (QED) is 0.429. The summed E-state index contributed by atoms with van der Waals surface area (Å²) in [5.41, 5.74) is 6.20. The third kappa shape index (κ3) is 8.35. The second-order valence-corrected chi connectivity index (χ2v) is 5.78. The van der Waals surface area contributed by atoms with Crippen LogP contribution < -0.4 is 15.6 Å². The Hall–Kier alpha value is -1.88. The molecule has 5 nitrogen and oxygen atoms in total. The van der Waals surface area contributed by atoms with E-state index in [1.54, 1.807) is 0 Å². The molecule has 0 amide bonds. The zero-order valence-electron chi connectivity index (χ0n) is 13.8. The fourth-order valence-electron chi connectivity index (χ4n) is 2.25. The number of unbranched alkanes of at least 4 members (excludes halogenated alkanes) is 3. The molecule has 0 bridgehead atoms. The molecule has 0 spiro atoms. The highest BCUT2D eigenvalue weighted by Gasteiger charge is 2.07. The van der Waals surface area contributed by atoms with Crippen molar-refractivity contribution < 1.29 is 20.1 Å². The molecule has 0 aromatic heterocycles. The SMILES string of the molecule is CCCCCCOc1ccc(CCC(O)CC(N)=C([O-])O)cc1. The topological polar surface area (TPSA) is 98.8 Å². The maximum atomic E-state index is 10.6. The smallest absolute Gasteiger partial charge is 0.119 e. The molecule has 1 rings (SSSR count). The molecule has 0 fully saturated rings. The Bertz CT molecular complexity index is 466. The number of hydrogen-bond donors (Lipinski definition) is 3. The molecule has 1 aromatic carbocycles. The van der Waals surface area contributed by atoms with Crippen molar-refractivity contribution in [3.63, 3.8) is 0 Å². The highest BCUT2D eigenvalue weighted by atomic mass is 16.5. The van der Waals surface area contributed by atoms with Crippen LogP contribution in [0.15, 0.2) is 35.9 Å². The van der Waals surface area contributed by atoms with E-state index in [2.05, 4.69) is 6.92 Å². The second-order valence-electron chi connectivity index (χ2n) is 5.78. The van der Waals surface area contributed by atoms with E-state index < -0.39 is 12.0 Å². The van der Waals surface area contributed by atoms with E-state index in [4.69, 9.17) is 15.6 Å². The Morgan fingerprint density at radius 3 is 2.52 bits per heavy atom. The van der Waals surface area contributed by atoms with Crippen LogP contribution in [0.25, 0.3) is 0 Å². The highest BCUT2D eigenvalue weighted by Crippen LogP contribution is 2.16. The van der Waals surface area contributed by atoms with Crippen molar-refractivity contribution in [3.05, 3.63) is 41.5 Å². The van der Waals surface area contributed by atoms with Crippen LogP contribution in [0.4, 0.5) is 0 Å². The predicted molar refractivity (Wildman–Crippen MR) is 88.9 cm³/mol. The first-order chi connectivity index (χ1) is 11.0. The Kier molecular flexibility index (Phi) is 8.98. The summed E-state index contributed by atoms with van der Waals surface area (Å²) in [5.74, 6) is -0.307. The van der Waals surface area contributed by atoms with E-state index in [0.717, 1.165) is 24.3 Å². The highest BCUT2D eigenvalue weighted by molar-refractivity contribution is 5.27. The van der Waals surface area contributed by atoms with Gasteiger partial charge in [0, 0.05) is 12.1 Å². The van der Waals surface area contributed by atoms with Crippen LogP contribution in [-0.2, 0) is 6.42 Å². The molecule has 0 heterocycles. The van der Waals surface area contributed by atoms with E-state index in [0.29, 0.717) is 12.8 Å². The molecule has 1 atom stereocenters. The number of benzene rings is 1. The second kappa shape index (κ2) is 10.8. The lowest BCUT2D eigenvalue weighted by atomic mass is 10.0. The van der Waals surface area contributed by atoms with Crippen LogP contribution in [0.2, 0.25) is 0 Å². The zero-order valence-corrected chi connectivity index (χ0v) is 13.8. The van der Waals surface area contributed by atoms with Crippen molar-refractivity contribution in [2.45, 2.75) is 58.0 Å². The van der Waals surface area contributed by atoms with Gasteiger partial charge in [-0.3, -0.25) is 0 Å². The largest absolute Gasteiger partial charge is 0.628 e. The van der Waals surface area contributed by atoms with Gasteiger partial charge >= 0.3 is 0 Å².